The van der Waals surface area contributed by atoms with Crippen molar-refractivity contribution >= 4 is 17.7 Å². The average Bonchev–Trinajstić information content (AvgIpc) is 3.25. The quantitative estimate of drug-likeness (QED) is 0.848. The van der Waals surface area contributed by atoms with Gasteiger partial charge in [-0.15, -0.1) is 0 Å². The normalized spacial score (nSPS) is 19.8. The molecule has 1 aliphatic carbocycles. The number of carboxylic acid groups (broad SMARTS) is 1. The second kappa shape index (κ2) is 5.98. The molecule has 2 N–H and O–H groups in total. The van der Waals surface area contributed by atoms with Crippen molar-refractivity contribution in [3.63, 3.8) is 0 Å². The summed E-state index contributed by atoms with van der Waals surface area (Å²) in [7, 11) is 0. The minimum Gasteiger partial charge on any atom is -0.465 e. The third-order valence-corrected chi connectivity index (χ3v) is 4.30. The Labute approximate surface area is 140 Å². The Kier molecular flexibility index (Phi) is 4.13. The number of nitrogens with zero attached hydrogens (tertiary/aromatic N) is 1. The number of hydrogen-bond donors (Lipinski definition) is 2. The van der Waals surface area contributed by atoms with Crippen molar-refractivity contribution in [1.82, 2.24) is 10.3 Å². The molecule has 0 spiro atoms. The number of alkyl halides is 3. The maximum atomic E-state index is 12.9. The van der Waals surface area contributed by atoms with Crippen LogP contribution in [0, 0.1) is 0 Å². The van der Waals surface area contributed by atoms with Crippen LogP contribution >= 0.6 is 11.6 Å². The lowest BCUT2D eigenvalue weighted by Gasteiger charge is -2.12. The van der Waals surface area contributed by atoms with Crippen LogP contribution in [0.15, 0.2) is 36.5 Å². The third-order valence-electron chi connectivity index (χ3n) is 3.89. The smallest absolute Gasteiger partial charge is 0.417 e. The molecule has 1 amide bonds. The van der Waals surface area contributed by atoms with Gasteiger partial charge in [-0.2, -0.15) is 13.2 Å². The number of aromatic nitrogens is 1. The third kappa shape index (κ3) is 3.31. The number of carbonyl (C=O) groups is 1. The first-order valence-electron chi connectivity index (χ1n) is 7.09. The fourth-order valence-electron chi connectivity index (χ4n) is 2.61. The molecule has 24 heavy (non-hydrogen) atoms. The Balaban J connectivity index is 1.84. The van der Waals surface area contributed by atoms with Gasteiger partial charge in [0.1, 0.15) is 0 Å². The second-order valence-corrected chi connectivity index (χ2v) is 5.92. The lowest BCUT2D eigenvalue weighted by atomic mass is 10.1. The minimum atomic E-state index is -4.53. The van der Waals surface area contributed by atoms with E-state index in [0.29, 0.717) is 12.1 Å². The van der Waals surface area contributed by atoms with Crippen molar-refractivity contribution in [3.05, 3.63) is 52.7 Å². The zero-order valence-corrected chi connectivity index (χ0v) is 12.9. The molecule has 1 aliphatic rings. The molecular formula is C16H12ClF3N2O2. The molecule has 0 aliphatic heterocycles. The fraction of sp³-hybridized carbons (Fsp3) is 0.250. The van der Waals surface area contributed by atoms with Gasteiger partial charge in [-0.25, -0.2) is 4.79 Å². The van der Waals surface area contributed by atoms with Gasteiger partial charge in [-0.05, 0) is 24.1 Å². The van der Waals surface area contributed by atoms with Crippen LogP contribution < -0.4 is 5.32 Å². The zero-order valence-electron chi connectivity index (χ0n) is 12.1. The lowest BCUT2D eigenvalue weighted by molar-refractivity contribution is -0.137. The molecule has 2 aromatic rings. The molecule has 0 saturated heterocycles. The van der Waals surface area contributed by atoms with Gasteiger partial charge in [0.05, 0.1) is 16.3 Å². The number of rotatable bonds is 3. The van der Waals surface area contributed by atoms with E-state index in [4.69, 9.17) is 16.7 Å². The summed E-state index contributed by atoms with van der Waals surface area (Å²) in [5.41, 5.74) is 0.466. The highest BCUT2D eigenvalue weighted by Crippen LogP contribution is 2.42. The molecule has 0 unspecified atom stereocenters. The van der Waals surface area contributed by atoms with Gasteiger partial charge in [-0.1, -0.05) is 29.8 Å². The van der Waals surface area contributed by atoms with E-state index in [2.05, 4.69) is 10.3 Å². The molecule has 3 rings (SSSR count). The van der Waals surface area contributed by atoms with Crippen LogP contribution in [-0.2, 0) is 6.18 Å². The standard InChI is InChI=1S/C16H12ClF3N2O2/c17-14-9(2-1-3-11(14)16(18,19)20)12-5-4-8(7-21-12)10-6-13(10)22-15(23)24/h1-5,7,10,13,22H,6H2,(H,23,24)/t10-,13+/m0/s1. The summed E-state index contributed by atoms with van der Waals surface area (Å²) >= 11 is 5.89. The Morgan fingerprint density at radius 2 is 2.04 bits per heavy atom. The van der Waals surface area contributed by atoms with E-state index >= 15 is 0 Å². The van der Waals surface area contributed by atoms with Gasteiger partial charge < -0.3 is 10.4 Å². The monoisotopic (exact) mass is 356 g/mol. The number of pyridine rings is 1. The summed E-state index contributed by atoms with van der Waals surface area (Å²) < 4.78 is 38.7. The van der Waals surface area contributed by atoms with Crippen LogP contribution in [-0.4, -0.2) is 22.2 Å². The topological polar surface area (TPSA) is 62.2 Å². The van der Waals surface area contributed by atoms with Gasteiger partial charge in [0, 0.05) is 23.7 Å². The first-order valence-corrected chi connectivity index (χ1v) is 7.46. The van der Waals surface area contributed by atoms with Crippen molar-refractivity contribution < 1.29 is 23.1 Å². The number of hydrogen-bond acceptors (Lipinski definition) is 2. The van der Waals surface area contributed by atoms with Crippen molar-refractivity contribution in [2.45, 2.75) is 24.6 Å². The first kappa shape index (κ1) is 16.6. The summed E-state index contributed by atoms with van der Waals surface area (Å²) in [5.74, 6) is 0.0413. The van der Waals surface area contributed by atoms with Gasteiger partial charge >= 0.3 is 12.3 Å². The van der Waals surface area contributed by atoms with E-state index in [1.807, 2.05) is 0 Å². The van der Waals surface area contributed by atoms with E-state index in [0.717, 1.165) is 11.6 Å². The highest BCUT2D eigenvalue weighted by molar-refractivity contribution is 6.34. The molecule has 1 heterocycles. The van der Waals surface area contributed by atoms with Crippen LogP contribution in [0.3, 0.4) is 0 Å². The van der Waals surface area contributed by atoms with Crippen molar-refractivity contribution in [2.24, 2.45) is 0 Å². The molecule has 126 valence electrons. The minimum absolute atomic E-state index is 0.0413. The Morgan fingerprint density at radius 3 is 2.62 bits per heavy atom. The van der Waals surface area contributed by atoms with Crippen LogP contribution in [0.2, 0.25) is 5.02 Å². The van der Waals surface area contributed by atoms with E-state index < -0.39 is 17.8 Å². The molecular weight excluding hydrogens is 345 g/mol. The maximum absolute atomic E-state index is 12.9. The molecule has 0 radical (unpaired) electrons. The summed E-state index contributed by atoms with van der Waals surface area (Å²) in [5, 5.41) is 10.7. The maximum Gasteiger partial charge on any atom is 0.417 e. The van der Waals surface area contributed by atoms with Crippen LogP contribution in [0.1, 0.15) is 23.5 Å². The zero-order chi connectivity index (χ0) is 17.5. The predicted molar refractivity (Wildman–Crippen MR) is 82.0 cm³/mol. The molecule has 8 heteroatoms. The van der Waals surface area contributed by atoms with Crippen LogP contribution in [0.25, 0.3) is 11.3 Å². The van der Waals surface area contributed by atoms with Gasteiger partial charge in [0.15, 0.2) is 0 Å². The Hall–Kier alpha value is -2.28. The van der Waals surface area contributed by atoms with Gasteiger partial charge in [0.2, 0.25) is 0 Å². The van der Waals surface area contributed by atoms with Gasteiger partial charge in [0.25, 0.3) is 0 Å². The van der Waals surface area contributed by atoms with Crippen molar-refractivity contribution in [2.75, 3.05) is 0 Å². The highest BCUT2D eigenvalue weighted by Gasteiger charge is 2.40. The molecule has 2 atom stereocenters. The van der Waals surface area contributed by atoms with E-state index in [-0.39, 0.29) is 22.5 Å². The molecule has 1 aromatic carbocycles. The molecule has 1 aromatic heterocycles. The SMILES string of the molecule is O=C(O)N[C@@H]1C[C@H]1c1ccc(-c2cccc(C(F)(F)F)c2Cl)nc1. The number of benzene rings is 1. The largest absolute Gasteiger partial charge is 0.465 e. The van der Waals surface area contributed by atoms with Crippen LogP contribution in [0.5, 0.6) is 0 Å². The van der Waals surface area contributed by atoms with Crippen LogP contribution in [0.4, 0.5) is 18.0 Å². The molecule has 4 nitrogen and oxygen atoms in total. The fourth-order valence-corrected chi connectivity index (χ4v) is 2.94. The van der Waals surface area contributed by atoms with Gasteiger partial charge in [-0.3, -0.25) is 4.98 Å². The second-order valence-electron chi connectivity index (χ2n) is 5.54. The Bertz CT molecular complexity index is 778. The lowest BCUT2D eigenvalue weighted by Crippen LogP contribution is -2.24. The molecule has 0 bridgehead atoms. The summed E-state index contributed by atoms with van der Waals surface area (Å²) in [6.45, 7) is 0. The number of nitrogens with one attached hydrogen (secondary N) is 1. The predicted octanol–water partition coefficient (Wildman–Crippen LogP) is 4.54. The average molecular weight is 357 g/mol. The van der Waals surface area contributed by atoms with E-state index in [1.165, 1.54) is 12.1 Å². The highest BCUT2D eigenvalue weighted by atomic mass is 35.5. The first-order chi connectivity index (χ1) is 11.3. The summed E-state index contributed by atoms with van der Waals surface area (Å²) in [6.07, 6.45) is -3.39. The summed E-state index contributed by atoms with van der Waals surface area (Å²) in [6, 6.07) is 6.86. The van der Waals surface area contributed by atoms with Crippen molar-refractivity contribution in [3.8, 4) is 11.3 Å². The number of halogens is 4. The molecule has 1 fully saturated rings. The molecule has 1 saturated carbocycles. The van der Waals surface area contributed by atoms with E-state index in [9.17, 15) is 18.0 Å². The van der Waals surface area contributed by atoms with E-state index in [1.54, 1.807) is 18.3 Å². The van der Waals surface area contributed by atoms with Crippen molar-refractivity contribution in [1.29, 1.82) is 0 Å². The summed E-state index contributed by atoms with van der Waals surface area (Å²) in [4.78, 5) is 14.8. The number of amides is 1. The Morgan fingerprint density at radius 1 is 1.29 bits per heavy atom.